The molecule has 0 aliphatic heterocycles. The van der Waals surface area contributed by atoms with Crippen molar-refractivity contribution >= 4 is 44.7 Å². The quantitative estimate of drug-likeness (QED) is 0.471. The number of carbonyl (C=O) groups is 1. The Morgan fingerprint density at radius 1 is 1.04 bits per heavy atom. The molecule has 0 unspecified atom stereocenters. The number of rotatable bonds is 3. The highest BCUT2D eigenvalue weighted by Gasteiger charge is 2.14. The van der Waals surface area contributed by atoms with Crippen LogP contribution in [0, 0.1) is 5.82 Å². The Kier molecular flexibility index (Phi) is 4.41. The van der Waals surface area contributed by atoms with Crippen molar-refractivity contribution in [3.8, 4) is 10.6 Å². The molecule has 0 aliphatic rings. The first-order valence-electron chi connectivity index (χ1n) is 7.83. The van der Waals surface area contributed by atoms with Crippen molar-refractivity contribution in [2.24, 2.45) is 0 Å². The zero-order valence-electron chi connectivity index (χ0n) is 13.4. The first kappa shape index (κ1) is 16.7. The number of benzene rings is 3. The van der Waals surface area contributed by atoms with Gasteiger partial charge in [-0.15, -0.1) is 11.3 Å². The summed E-state index contributed by atoms with van der Waals surface area (Å²) < 4.78 is 14.8. The van der Waals surface area contributed by atoms with Crippen molar-refractivity contribution in [3.63, 3.8) is 0 Å². The number of amides is 1. The highest BCUT2D eigenvalue weighted by Crippen LogP contribution is 2.35. The zero-order valence-corrected chi connectivity index (χ0v) is 14.9. The van der Waals surface area contributed by atoms with Crippen LogP contribution in [0.25, 0.3) is 20.8 Å². The number of fused-ring (bicyclic) bond motifs is 1. The molecule has 0 fully saturated rings. The van der Waals surface area contributed by atoms with E-state index in [1.807, 2.05) is 24.3 Å². The van der Waals surface area contributed by atoms with Crippen molar-refractivity contribution in [3.05, 3.63) is 83.1 Å². The molecule has 1 heterocycles. The molecule has 6 heteroatoms. The first-order chi connectivity index (χ1) is 12.6. The lowest BCUT2D eigenvalue weighted by Crippen LogP contribution is -2.13. The molecule has 3 aromatic carbocycles. The molecule has 0 spiro atoms. The molecule has 1 N–H and O–H groups in total. The Labute approximate surface area is 158 Å². The van der Waals surface area contributed by atoms with Gasteiger partial charge < -0.3 is 5.32 Å². The van der Waals surface area contributed by atoms with Gasteiger partial charge in [-0.05, 0) is 42.5 Å². The van der Waals surface area contributed by atoms with Crippen molar-refractivity contribution in [2.75, 3.05) is 5.32 Å². The number of para-hydroxylation sites is 1. The predicted octanol–water partition coefficient (Wildman–Crippen LogP) is 6.01. The maximum Gasteiger partial charge on any atom is 0.258 e. The summed E-state index contributed by atoms with van der Waals surface area (Å²) in [6.07, 6.45) is 0. The van der Waals surface area contributed by atoms with E-state index in [0.29, 0.717) is 10.7 Å². The summed E-state index contributed by atoms with van der Waals surface area (Å²) in [5, 5.41) is 3.94. The predicted molar refractivity (Wildman–Crippen MR) is 104 cm³/mol. The lowest BCUT2D eigenvalue weighted by atomic mass is 10.1. The molecule has 128 valence electrons. The molecule has 26 heavy (non-hydrogen) atoms. The highest BCUT2D eigenvalue weighted by atomic mass is 35.5. The van der Waals surface area contributed by atoms with E-state index in [9.17, 15) is 9.18 Å². The van der Waals surface area contributed by atoms with Gasteiger partial charge in [0.25, 0.3) is 5.91 Å². The molecule has 3 nitrogen and oxygen atoms in total. The number of halogens is 2. The van der Waals surface area contributed by atoms with Crippen LogP contribution in [0.15, 0.2) is 66.7 Å². The molecule has 0 bridgehead atoms. The Hall–Kier alpha value is -2.76. The third kappa shape index (κ3) is 3.19. The summed E-state index contributed by atoms with van der Waals surface area (Å²) in [5.41, 5.74) is 2.18. The van der Waals surface area contributed by atoms with E-state index in [2.05, 4.69) is 10.3 Å². The van der Waals surface area contributed by atoms with Crippen LogP contribution >= 0.6 is 22.9 Å². The van der Waals surface area contributed by atoms with Gasteiger partial charge in [-0.3, -0.25) is 4.79 Å². The second-order valence-corrected chi connectivity index (χ2v) is 7.05. The molecule has 0 radical (unpaired) electrons. The smallest absolute Gasteiger partial charge is 0.258 e. The molecular weight excluding hydrogens is 371 g/mol. The van der Waals surface area contributed by atoms with Crippen molar-refractivity contribution in [2.45, 2.75) is 0 Å². The number of thiazole rings is 1. The Bertz CT molecular complexity index is 1090. The monoisotopic (exact) mass is 382 g/mol. The fourth-order valence-corrected chi connectivity index (χ4v) is 3.93. The number of aromatic nitrogens is 1. The van der Waals surface area contributed by atoms with Gasteiger partial charge >= 0.3 is 0 Å². The minimum Gasteiger partial charge on any atom is -0.322 e. The Morgan fingerprint density at radius 3 is 2.58 bits per heavy atom. The van der Waals surface area contributed by atoms with Gasteiger partial charge in [-0.25, -0.2) is 9.37 Å². The van der Waals surface area contributed by atoms with Crippen LogP contribution in [-0.4, -0.2) is 10.9 Å². The minimum atomic E-state index is -0.567. The van der Waals surface area contributed by atoms with Crippen LogP contribution in [0.2, 0.25) is 5.02 Å². The maximum atomic E-state index is 13.7. The lowest BCUT2D eigenvalue weighted by Gasteiger charge is -2.08. The molecule has 4 rings (SSSR count). The number of nitrogens with one attached hydrogen (secondary N) is 1. The molecule has 0 saturated carbocycles. The number of anilines is 1. The van der Waals surface area contributed by atoms with E-state index in [1.165, 1.54) is 18.2 Å². The van der Waals surface area contributed by atoms with Gasteiger partial charge in [-0.1, -0.05) is 35.9 Å². The normalized spacial score (nSPS) is 10.8. The number of hydrogen-bond acceptors (Lipinski definition) is 3. The van der Waals surface area contributed by atoms with Gasteiger partial charge in [0.05, 0.1) is 20.8 Å². The Morgan fingerprint density at radius 2 is 1.81 bits per heavy atom. The van der Waals surface area contributed by atoms with Gasteiger partial charge in [0, 0.05) is 11.3 Å². The van der Waals surface area contributed by atoms with E-state index in [0.717, 1.165) is 20.8 Å². The van der Waals surface area contributed by atoms with Gasteiger partial charge in [0.2, 0.25) is 0 Å². The van der Waals surface area contributed by atoms with Crippen LogP contribution in [0.4, 0.5) is 10.1 Å². The van der Waals surface area contributed by atoms with Crippen LogP contribution in [0.3, 0.4) is 0 Å². The van der Waals surface area contributed by atoms with Gasteiger partial charge in [0.1, 0.15) is 10.8 Å². The van der Waals surface area contributed by atoms with Crippen molar-refractivity contribution < 1.29 is 9.18 Å². The van der Waals surface area contributed by atoms with Crippen molar-refractivity contribution in [1.29, 1.82) is 0 Å². The molecule has 0 saturated heterocycles. The standard InChI is InChI=1S/C20H12ClFN2OS/c21-15-11-12(23-19(25)14-5-1-2-6-16(14)22)9-10-13(15)20-24-17-7-3-4-8-18(17)26-20/h1-11H,(H,23,25). The summed E-state index contributed by atoms with van der Waals surface area (Å²) in [6, 6.07) is 18.9. The van der Waals surface area contributed by atoms with Gasteiger partial charge in [-0.2, -0.15) is 0 Å². The average Bonchev–Trinajstić information content (AvgIpc) is 3.06. The third-order valence-corrected chi connectivity index (χ3v) is 5.25. The maximum absolute atomic E-state index is 13.7. The van der Waals surface area contributed by atoms with E-state index in [4.69, 9.17) is 11.6 Å². The van der Waals surface area contributed by atoms with E-state index in [1.54, 1.807) is 35.6 Å². The molecule has 4 aromatic rings. The fraction of sp³-hybridized carbons (Fsp3) is 0. The number of carbonyl (C=O) groups excluding carboxylic acids is 1. The zero-order chi connectivity index (χ0) is 18.1. The highest BCUT2D eigenvalue weighted by molar-refractivity contribution is 7.21. The van der Waals surface area contributed by atoms with Crippen molar-refractivity contribution in [1.82, 2.24) is 4.98 Å². The first-order valence-corrected chi connectivity index (χ1v) is 9.02. The summed E-state index contributed by atoms with van der Waals surface area (Å²) in [5.74, 6) is -1.09. The van der Waals surface area contributed by atoms with E-state index >= 15 is 0 Å². The second-order valence-electron chi connectivity index (χ2n) is 5.62. The Balaban J connectivity index is 1.62. The van der Waals surface area contributed by atoms with Crippen LogP contribution < -0.4 is 5.32 Å². The van der Waals surface area contributed by atoms with Crippen LogP contribution in [-0.2, 0) is 0 Å². The van der Waals surface area contributed by atoms with E-state index in [-0.39, 0.29) is 5.56 Å². The SMILES string of the molecule is O=C(Nc1ccc(-c2nc3ccccc3s2)c(Cl)c1)c1ccccc1F. The second kappa shape index (κ2) is 6.86. The lowest BCUT2D eigenvalue weighted by molar-refractivity contribution is 0.102. The third-order valence-electron chi connectivity index (χ3n) is 3.87. The number of hydrogen-bond donors (Lipinski definition) is 1. The molecular formula is C20H12ClFN2OS. The summed E-state index contributed by atoms with van der Waals surface area (Å²) in [6.45, 7) is 0. The molecule has 1 amide bonds. The van der Waals surface area contributed by atoms with E-state index < -0.39 is 11.7 Å². The summed E-state index contributed by atoms with van der Waals surface area (Å²) in [7, 11) is 0. The molecule has 0 aliphatic carbocycles. The molecule has 0 atom stereocenters. The summed E-state index contributed by atoms with van der Waals surface area (Å²) in [4.78, 5) is 16.8. The van der Waals surface area contributed by atoms with Crippen LogP contribution in [0.1, 0.15) is 10.4 Å². The fourth-order valence-electron chi connectivity index (χ4n) is 2.60. The largest absolute Gasteiger partial charge is 0.322 e. The van der Waals surface area contributed by atoms with Gasteiger partial charge in [0.15, 0.2) is 0 Å². The average molecular weight is 383 g/mol. The number of nitrogens with zero attached hydrogens (tertiary/aromatic N) is 1. The molecule has 1 aromatic heterocycles. The topological polar surface area (TPSA) is 42.0 Å². The minimum absolute atomic E-state index is 0.0149. The summed E-state index contributed by atoms with van der Waals surface area (Å²) >= 11 is 7.94. The van der Waals surface area contributed by atoms with Crippen LogP contribution in [0.5, 0.6) is 0 Å².